The van der Waals surface area contributed by atoms with E-state index in [4.69, 9.17) is 5.11 Å². The van der Waals surface area contributed by atoms with Crippen molar-refractivity contribution < 1.29 is 14.7 Å². The number of amides is 1. The second kappa shape index (κ2) is 7.05. The largest absolute Gasteiger partial charge is 0.477 e. The van der Waals surface area contributed by atoms with Gasteiger partial charge in [-0.2, -0.15) is 0 Å². The summed E-state index contributed by atoms with van der Waals surface area (Å²) in [5, 5.41) is 8.97. The maximum atomic E-state index is 12.5. The summed E-state index contributed by atoms with van der Waals surface area (Å²) in [5.74, 6) is -1.43. The number of pyridine rings is 1. The van der Waals surface area contributed by atoms with Crippen LogP contribution in [0.3, 0.4) is 0 Å². The molecule has 1 N–H and O–H groups in total. The van der Waals surface area contributed by atoms with Crippen LogP contribution in [-0.4, -0.2) is 40.0 Å². The average Bonchev–Trinajstić information content (AvgIpc) is 2.55. The molecule has 1 heterocycles. The smallest absolute Gasteiger partial charge is 0.354 e. The number of carboxylic acid groups (broad SMARTS) is 1. The molecule has 0 saturated heterocycles. The van der Waals surface area contributed by atoms with Crippen molar-refractivity contribution in [1.82, 2.24) is 9.88 Å². The van der Waals surface area contributed by atoms with Gasteiger partial charge in [-0.15, -0.1) is 0 Å². The van der Waals surface area contributed by atoms with Crippen LogP contribution in [0.15, 0.2) is 42.5 Å². The quantitative estimate of drug-likeness (QED) is 0.921. The van der Waals surface area contributed by atoms with Crippen LogP contribution in [-0.2, 0) is 6.42 Å². The highest BCUT2D eigenvalue weighted by Crippen LogP contribution is 2.12. The maximum absolute atomic E-state index is 12.5. The van der Waals surface area contributed by atoms with Gasteiger partial charge in [0.2, 0.25) is 0 Å². The van der Waals surface area contributed by atoms with Gasteiger partial charge in [0, 0.05) is 13.1 Å². The molecule has 120 valence electrons. The zero-order chi connectivity index (χ0) is 17.0. The van der Waals surface area contributed by atoms with Crippen LogP contribution < -0.4 is 0 Å². The predicted octanol–water partition coefficient (Wildman–Crippen LogP) is 2.79. The third kappa shape index (κ3) is 4.16. The number of likely N-dealkylation sites (N-methyl/N-ethyl adjacent to an activating group) is 1. The lowest BCUT2D eigenvalue weighted by atomic mass is 10.0. The van der Waals surface area contributed by atoms with Gasteiger partial charge in [-0.1, -0.05) is 35.9 Å². The Labute approximate surface area is 135 Å². The van der Waals surface area contributed by atoms with Crippen molar-refractivity contribution in [3.8, 4) is 0 Å². The lowest BCUT2D eigenvalue weighted by molar-refractivity contribution is 0.0689. The molecule has 23 heavy (non-hydrogen) atoms. The summed E-state index contributed by atoms with van der Waals surface area (Å²) >= 11 is 0. The van der Waals surface area contributed by atoms with Gasteiger partial charge in [-0.3, -0.25) is 4.79 Å². The van der Waals surface area contributed by atoms with E-state index >= 15 is 0 Å². The third-order valence-electron chi connectivity index (χ3n) is 3.82. The number of aromatic nitrogens is 1. The van der Waals surface area contributed by atoms with Crippen molar-refractivity contribution in [1.29, 1.82) is 0 Å². The molecule has 2 aromatic rings. The van der Waals surface area contributed by atoms with Gasteiger partial charge >= 0.3 is 5.97 Å². The van der Waals surface area contributed by atoms with E-state index in [-0.39, 0.29) is 23.3 Å². The SMILES string of the molecule is Cc1ccc(CC(C)N(C)C(=O)c2cccc(C(=O)O)n2)cc1. The van der Waals surface area contributed by atoms with Gasteiger partial charge < -0.3 is 10.0 Å². The Morgan fingerprint density at radius 3 is 2.35 bits per heavy atom. The number of nitrogens with zero attached hydrogens (tertiary/aromatic N) is 2. The molecule has 0 aliphatic rings. The zero-order valence-electron chi connectivity index (χ0n) is 13.5. The number of aromatic carboxylic acids is 1. The van der Waals surface area contributed by atoms with Gasteiger partial charge in [0.05, 0.1) is 0 Å². The summed E-state index contributed by atoms with van der Waals surface area (Å²) in [6.45, 7) is 3.99. The van der Waals surface area contributed by atoms with Crippen LogP contribution in [0.2, 0.25) is 0 Å². The van der Waals surface area contributed by atoms with E-state index in [1.54, 1.807) is 11.9 Å². The predicted molar refractivity (Wildman–Crippen MR) is 87.6 cm³/mol. The summed E-state index contributed by atoms with van der Waals surface area (Å²) in [4.78, 5) is 28.9. The molecule has 5 heteroatoms. The zero-order valence-corrected chi connectivity index (χ0v) is 13.5. The first-order valence-corrected chi connectivity index (χ1v) is 7.41. The first kappa shape index (κ1) is 16.7. The van der Waals surface area contributed by atoms with Crippen molar-refractivity contribution in [2.45, 2.75) is 26.3 Å². The molecule has 5 nitrogen and oxygen atoms in total. The minimum Gasteiger partial charge on any atom is -0.477 e. The van der Waals surface area contributed by atoms with Gasteiger partial charge in [0.15, 0.2) is 0 Å². The molecule has 2 rings (SSSR count). The minimum absolute atomic E-state index is 0.0273. The second-order valence-electron chi connectivity index (χ2n) is 5.67. The number of carbonyl (C=O) groups is 2. The number of aryl methyl sites for hydroxylation is 1. The lowest BCUT2D eigenvalue weighted by Gasteiger charge is -2.25. The van der Waals surface area contributed by atoms with Crippen LogP contribution in [0.5, 0.6) is 0 Å². The number of carbonyl (C=O) groups excluding carboxylic acids is 1. The second-order valence-corrected chi connectivity index (χ2v) is 5.67. The van der Waals surface area contributed by atoms with Crippen molar-refractivity contribution in [2.24, 2.45) is 0 Å². The highest BCUT2D eigenvalue weighted by atomic mass is 16.4. The van der Waals surface area contributed by atoms with Gasteiger partial charge in [0.25, 0.3) is 5.91 Å². The molecule has 0 aliphatic carbocycles. The molecule has 0 bridgehead atoms. The van der Waals surface area contributed by atoms with Crippen LogP contribution in [0, 0.1) is 6.92 Å². The van der Waals surface area contributed by atoms with Crippen LogP contribution >= 0.6 is 0 Å². The highest BCUT2D eigenvalue weighted by molar-refractivity contribution is 5.94. The Balaban J connectivity index is 2.10. The molecule has 0 fully saturated rings. The van der Waals surface area contributed by atoms with E-state index in [0.29, 0.717) is 0 Å². The Morgan fingerprint density at radius 2 is 1.74 bits per heavy atom. The van der Waals surface area contributed by atoms with Crippen LogP contribution in [0.25, 0.3) is 0 Å². The molecule has 0 spiro atoms. The third-order valence-corrected chi connectivity index (χ3v) is 3.82. The number of hydrogen-bond acceptors (Lipinski definition) is 3. The summed E-state index contributed by atoms with van der Waals surface area (Å²) in [6, 6.07) is 12.6. The molecule has 0 saturated carbocycles. The normalized spacial score (nSPS) is 11.8. The Hall–Kier alpha value is -2.69. The molecule has 1 amide bonds. The van der Waals surface area contributed by atoms with E-state index in [1.165, 1.54) is 23.8 Å². The number of benzene rings is 1. The molecule has 1 atom stereocenters. The minimum atomic E-state index is -1.14. The molecular formula is C18H20N2O3. The molecule has 1 unspecified atom stereocenters. The summed E-state index contributed by atoms with van der Waals surface area (Å²) in [6.07, 6.45) is 0.723. The fourth-order valence-electron chi connectivity index (χ4n) is 2.26. The number of rotatable bonds is 5. The topological polar surface area (TPSA) is 70.5 Å². The summed E-state index contributed by atoms with van der Waals surface area (Å²) in [5.41, 5.74) is 2.36. The molecule has 1 aromatic carbocycles. The average molecular weight is 312 g/mol. The van der Waals surface area contributed by atoms with Crippen LogP contribution in [0.1, 0.15) is 39.0 Å². The molecule has 0 radical (unpaired) electrons. The van der Waals surface area contributed by atoms with E-state index in [0.717, 1.165) is 12.0 Å². The first-order valence-electron chi connectivity index (χ1n) is 7.41. The first-order chi connectivity index (χ1) is 10.9. The molecule has 0 aliphatic heterocycles. The van der Waals surface area contributed by atoms with E-state index in [2.05, 4.69) is 4.98 Å². The fourth-order valence-corrected chi connectivity index (χ4v) is 2.26. The Morgan fingerprint density at radius 1 is 1.13 bits per heavy atom. The Bertz CT molecular complexity index is 710. The van der Waals surface area contributed by atoms with Gasteiger partial charge in [0.1, 0.15) is 11.4 Å². The number of hydrogen-bond donors (Lipinski definition) is 1. The van der Waals surface area contributed by atoms with Crippen LogP contribution in [0.4, 0.5) is 0 Å². The van der Waals surface area contributed by atoms with E-state index < -0.39 is 5.97 Å². The molecule has 1 aromatic heterocycles. The van der Waals surface area contributed by atoms with Crippen molar-refractivity contribution >= 4 is 11.9 Å². The monoisotopic (exact) mass is 312 g/mol. The standard InChI is InChI=1S/C18H20N2O3/c1-12-7-9-14(10-8-12)11-13(2)20(3)17(21)15-5-4-6-16(19-15)18(22)23/h4-10,13H,11H2,1-3H3,(H,22,23). The maximum Gasteiger partial charge on any atom is 0.354 e. The number of carboxylic acids is 1. The van der Waals surface area contributed by atoms with Crippen molar-refractivity contribution in [3.05, 3.63) is 65.0 Å². The Kier molecular flexibility index (Phi) is 5.11. The van der Waals surface area contributed by atoms with Crippen molar-refractivity contribution in [2.75, 3.05) is 7.05 Å². The summed E-state index contributed by atoms with van der Waals surface area (Å²) in [7, 11) is 1.70. The van der Waals surface area contributed by atoms with E-state index in [1.807, 2.05) is 38.1 Å². The van der Waals surface area contributed by atoms with E-state index in [9.17, 15) is 9.59 Å². The molecular weight excluding hydrogens is 292 g/mol. The fraction of sp³-hybridized carbons (Fsp3) is 0.278. The van der Waals surface area contributed by atoms with Crippen molar-refractivity contribution in [3.63, 3.8) is 0 Å². The van der Waals surface area contributed by atoms with Gasteiger partial charge in [-0.05, 0) is 38.0 Å². The summed E-state index contributed by atoms with van der Waals surface area (Å²) < 4.78 is 0. The van der Waals surface area contributed by atoms with Gasteiger partial charge in [-0.25, -0.2) is 9.78 Å². The highest BCUT2D eigenvalue weighted by Gasteiger charge is 2.20. The lowest BCUT2D eigenvalue weighted by Crippen LogP contribution is -2.37.